The summed E-state index contributed by atoms with van der Waals surface area (Å²) in [7, 11) is 0. The predicted molar refractivity (Wildman–Crippen MR) is 49.3 cm³/mol. The Hall–Kier alpha value is -0.570. The van der Waals surface area contributed by atoms with Crippen LogP contribution in [0.25, 0.3) is 0 Å². The molecule has 0 heterocycles. The molecule has 13 heavy (non-hydrogen) atoms. The zero-order valence-electron chi connectivity index (χ0n) is 8.66. The van der Waals surface area contributed by atoms with Crippen LogP contribution >= 0.6 is 0 Å². The van der Waals surface area contributed by atoms with E-state index in [1.54, 1.807) is 13.8 Å². The summed E-state index contributed by atoms with van der Waals surface area (Å²) in [5.41, 5.74) is -1.06. The lowest BCUT2D eigenvalue weighted by atomic mass is 9.50. The fourth-order valence-electron chi connectivity index (χ4n) is 2.54. The van der Waals surface area contributed by atoms with Gasteiger partial charge in [0.15, 0.2) is 0 Å². The van der Waals surface area contributed by atoms with Crippen molar-refractivity contribution in [2.45, 2.75) is 39.7 Å². The van der Waals surface area contributed by atoms with Gasteiger partial charge in [-0.25, -0.2) is 0 Å². The van der Waals surface area contributed by atoms with Crippen molar-refractivity contribution in [2.75, 3.05) is 0 Å². The van der Waals surface area contributed by atoms with Crippen LogP contribution in [-0.2, 0) is 4.79 Å². The number of rotatable bonds is 2. The molecule has 3 nitrogen and oxygen atoms in total. The van der Waals surface area contributed by atoms with Crippen LogP contribution in [0.4, 0.5) is 0 Å². The van der Waals surface area contributed by atoms with Crippen LogP contribution in [0.3, 0.4) is 0 Å². The Labute approximate surface area is 78.8 Å². The minimum absolute atomic E-state index is 0.0844. The Morgan fingerprint density at radius 2 is 1.92 bits per heavy atom. The number of carbonyl (C=O) groups is 1. The van der Waals surface area contributed by atoms with Crippen LogP contribution < -0.4 is 0 Å². The van der Waals surface area contributed by atoms with E-state index in [0.29, 0.717) is 6.42 Å². The van der Waals surface area contributed by atoms with Crippen molar-refractivity contribution in [3.8, 4) is 0 Å². The van der Waals surface area contributed by atoms with Crippen LogP contribution in [-0.4, -0.2) is 21.8 Å². The van der Waals surface area contributed by atoms with Gasteiger partial charge in [0.2, 0.25) is 0 Å². The van der Waals surface area contributed by atoms with E-state index in [1.807, 2.05) is 13.8 Å². The van der Waals surface area contributed by atoms with E-state index in [0.717, 1.165) is 0 Å². The van der Waals surface area contributed by atoms with Gasteiger partial charge in [-0.15, -0.1) is 0 Å². The first-order valence-electron chi connectivity index (χ1n) is 4.62. The normalized spacial score (nSPS) is 32.4. The van der Waals surface area contributed by atoms with Gasteiger partial charge in [-0.2, -0.15) is 0 Å². The molecule has 76 valence electrons. The van der Waals surface area contributed by atoms with Crippen molar-refractivity contribution in [1.82, 2.24) is 0 Å². The van der Waals surface area contributed by atoms with E-state index >= 15 is 0 Å². The average Bonchev–Trinajstić information content (AvgIpc) is 1.80. The van der Waals surface area contributed by atoms with Gasteiger partial charge in [-0.05, 0) is 31.6 Å². The standard InChI is InChI=1S/C10H18O3/c1-9(2)6(8(11)12)5-7(9)10(3,4)13/h6-7,13H,5H2,1-4H3,(H,11,12). The Morgan fingerprint density at radius 1 is 1.46 bits per heavy atom. The van der Waals surface area contributed by atoms with Crippen LogP contribution in [0, 0.1) is 17.3 Å². The predicted octanol–water partition coefficient (Wildman–Crippen LogP) is 1.50. The van der Waals surface area contributed by atoms with Crippen molar-refractivity contribution >= 4 is 5.97 Å². The molecule has 3 heteroatoms. The first-order chi connectivity index (χ1) is 5.67. The molecule has 1 aliphatic rings. The van der Waals surface area contributed by atoms with Gasteiger partial charge in [0.1, 0.15) is 0 Å². The molecule has 1 fully saturated rings. The Kier molecular flexibility index (Phi) is 2.19. The molecular weight excluding hydrogens is 168 g/mol. The molecule has 0 aliphatic heterocycles. The molecule has 2 unspecified atom stereocenters. The largest absolute Gasteiger partial charge is 0.481 e. The van der Waals surface area contributed by atoms with E-state index in [2.05, 4.69) is 0 Å². The first kappa shape index (κ1) is 10.5. The number of hydrogen-bond donors (Lipinski definition) is 2. The molecular formula is C10H18O3. The summed E-state index contributed by atoms with van der Waals surface area (Å²) in [6.07, 6.45) is 0.589. The third-order valence-corrected chi connectivity index (χ3v) is 3.42. The van der Waals surface area contributed by atoms with Crippen LogP contribution in [0.1, 0.15) is 34.1 Å². The molecule has 0 bridgehead atoms. The van der Waals surface area contributed by atoms with Crippen molar-refractivity contribution in [3.05, 3.63) is 0 Å². The maximum Gasteiger partial charge on any atom is 0.307 e. The second-order valence-electron chi connectivity index (χ2n) is 5.15. The monoisotopic (exact) mass is 186 g/mol. The first-order valence-corrected chi connectivity index (χ1v) is 4.62. The van der Waals surface area contributed by atoms with Crippen molar-refractivity contribution in [1.29, 1.82) is 0 Å². The SMILES string of the molecule is CC(C)(O)C1CC(C(=O)O)C1(C)C. The topological polar surface area (TPSA) is 57.5 Å². The smallest absolute Gasteiger partial charge is 0.307 e. The molecule has 2 atom stereocenters. The Bertz CT molecular complexity index is 225. The molecule has 0 aromatic heterocycles. The lowest BCUT2D eigenvalue weighted by Gasteiger charge is -2.54. The summed E-state index contributed by atoms with van der Waals surface area (Å²) in [5.74, 6) is -0.962. The Balaban J connectivity index is 2.76. The number of hydrogen-bond acceptors (Lipinski definition) is 2. The van der Waals surface area contributed by atoms with E-state index < -0.39 is 11.6 Å². The van der Waals surface area contributed by atoms with Crippen molar-refractivity contribution in [3.63, 3.8) is 0 Å². The van der Waals surface area contributed by atoms with Gasteiger partial charge in [0.05, 0.1) is 11.5 Å². The van der Waals surface area contributed by atoms with Crippen LogP contribution in [0.5, 0.6) is 0 Å². The highest BCUT2D eigenvalue weighted by Crippen LogP contribution is 2.55. The average molecular weight is 186 g/mol. The third kappa shape index (κ3) is 1.57. The molecule has 1 rings (SSSR count). The summed E-state index contributed by atoms with van der Waals surface area (Å²) in [6.45, 7) is 7.32. The second-order valence-corrected chi connectivity index (χ2v) is 5.15. The van der Waals surface area contributed by atoms with Gasteiger partial charge in [0, 0.05) is 0 Å². The molecule has 1 saturated carbocycles. The summed E-state index contributed by atoms with van der Waals surface area (Å²) >= 11 is 0. The van der Waals surface area contributed by atoms with Crippen LogP contribution in [0.15, 0.2) is 0 Å². The second kappa shape index (κ2) is 2.71. The van der Waals surface area contributed by atoms with E-state index in [9.17, 15) is 9.90 Å². The number of aliphatic hydroxyl groups is 1. The highest BCUT2D eigenvalue weighted by molar-refractivity contribution is 5.72. The summed E-state index contributed by atoms with van der Waals surface area (Å²) in [4.78, 5) is 10.8. The minimum atomic E-state index is -0.768. The van der Waals surface area contributed by atoms with E-state index in [4.69, 9.17) is 5.11 Å². The van der Waals surface area contributed by atoms with Gasteiger partial charge >= 0.3 is 5.97 Å². The number of carboxylic acid groups (broad SMARTS) is 1. The van der Waals surface area contributed by atoms with Crippen molar-refractivity contribution < 1.29 is 15.0 Å². The highest BCUT2D eigenvalue weighted by atomic mass is 16.4. The fourth-order valence-corrected chi connectivity index (χ4v) is 2.54. The van der Waals surface area contributed by atoms with Crippen molar-refractivity contribution in [2.24, 2.45) is 17.3 Å². The lowest BCUT2D eigenvalue weighted by Crippen LogP contribution is -2.56. The number of carboxylic acids is 1. The van der Waals surface area contributed by atoms with E-state index in [1.165, 1.54) is 0 Å². The molecule has 0 aromatic rings. The lowest BCUT2D eigenvalue weighted by molar-refractivity contribution is -0.177. The molecule has 0 aromatic carbocycles. The van der Waals surface area contributed by atoms with Gasteiger partial charge < -0.3 is 10.2 Å². The highest BCUT2D eigenvalue weighted by Gasteiger charge is 2.56. The molecule has 1 aliphatic carbocycles. The number of aliphatic carboxylic acids is 1. The molecule has 0 saturated heterocycles. The molecule has 0 spiro atoms. The minimum Gasteiger partial charge on any atom is -0.481 e. The fraction of sp³-hybridized carbons (Fsp3) is 0.900. The zero-order chi connectivity index (χ0) is 10.4. The molecule has 0 radical (unpaired) electrons. The summed E-state index contributed by atoms with van der Waals surface area (Å²) in [6, 6.07) is 0. The summed E-state index contributed by atoms with van der Waals surface area (Å²) < 4.78 is 0. The van der Waals surface area contributed by atoms with Gasteiger partial charge in [-0.3, -0.25) is 4.79 Å². The molecule has 0 amide bonds. The summed E-state index contributed by atoms with van der Waals surface area (Å²) in [5, 5.41) is 18.7. The van der Waals surface area contributed by atoms with Gasteiger partial charge in [0.25, 0.3) is 0 Å². The maximum atomic E-state index is 10.8. The van der Waals surface area contributed by atoms with Crippen LogP contribution in [0.2, 0.25) is 0 Å². The maximum absolute atomic E-state index is 10.8. The van der Waals surface area contributed by atoms with E-state index in [-0.39, 0.29) is 17.3 Å². The molecule has 2 N–H and O–H groups in total. The Morgan fingerprint density at radius 3 is 2.15 bits per heavy atom. The van der Waals surface area contributed by atoms with Gasteiger partial charge in [-0.1, -0.05) is 13.8 Å². The third-order valence-electron chi connectivity index (χ3n) is 3.42. The zero-order valence-corrected chi connectivity index (χ0v) is 8.66. The quantitative estimate of drug-likeness (QED) is 0.687.